The molecule has 0 aliphatic carbocycles. The smallest absolute Gasteiger partial charge is 0.235 e. The molecule has 1 aromatic heterocycles. The Balaban J connectivity index is 2.54. The number of nitrogens with zero attached hydrogens (tertiary/aromatic N) is 2. The van der Waals surface area contributed by atoms with Gasteiger partial charge in [0.2, 0.25) is 11.8 Å². The Morgan fingerprint density at radius 1 is 1.69 bits per heavy atom. The third kappa shape index (κ3) is 1.64. The average molecular weight is 217 g/mol. The number of pyridine rings is 1. The van der Waals surface area contributed by atoms with Crippen LogP contribution in [0.4, 0.5) is 5.69 Å². The number of rotatable bonds is 1. The topological polar surface area (TPSA) is 76.3 Å². The van der Waals surface area contributed by atoms with Crippen molar-refractivity contribution >= 4 is 17.5 Å². The third-order valence-corrected chi connectivity index (χ3v) is 2.61. The van der Waals surface area contributed by atoms with E-state index >= 15 is 0 Å². The van der Waals surface area contributed by atoms with E-state index in [1.165, 1.54) is 4.90 Å². The lowest BCUT2D eigenvalue weighted by atomic mass is 9.98. The molecular formula is C11H11N3O2. The molecule has 16 heavy (non-hydrogen) atoms. The van der Waals surface area contributed by atoms with E-state index in [0.29, 0.717) is 11.4 Å². The number of fused-ring (bicyclic) bond motifs is 1. The zero-order valence-electron chi connectivity index (χ0n) is 8.80. The lowest BCUT2D eigenvalue weighted by molar-refractivity contribution is -0.119. The minimum Gasteiger partial charge on any atom is -0.369 e. The molecule has 1 aromatic rings. The van der Waals surface area contributed by atoms with Gasteiger partial charge in [-0.15, -0.1) is 0 Å². The maximum absolute atomic E-state index is 11.6. The van der Waals surface area contributed by atoms with Gasteiger partial charge in [-0.2, -0.15) is 0 Å². The first-order chi connectivity index (χ1) is 7.61. The summed E-state index contributed by atoms with van der Waals surface area (Å²) in [6.45, 7) is 0. The largest absolute Gasteiger partial charge is 0.369 e. The Bertz CT molecular complexity index is 445. The van der Waals surface area contributed by atoms with Crippen LogP contribution in [0.5, 0.6) is 0 Å². The van der Waals surface area contributed by atoms with Gasteiger partial charge in [-0.05, 0) is 18.6 Å². The van der Waals surface area contributed by atoms with Crippen molar-refractivity contribution in [2.24, 2.45) is 5.73 Å². The lowest BCUT2D eigenvalue weighted by Gasteiger charge is -2.17. The number of hydrogen-bond donors (Lipinski definition) is 1. The number of nitrogens with two attached hydrogens (primary N) is 1. The van der Waals surface area contributed by atoms with Gasteiger partial charge < -0.3 is 10.6 Å². The molecule has 2 N–H and O–H groups in total. The van der Waals surface area contributed by atoms with E-state index in [-0.39, 0.29) is 12.3 Å². The fourth-order valence-corrected chi connectivity index (χ4v) is 1.71. The van der Waals surface area contributed by atoms with Crippen LogP contribution in [0, 0.1) is 6.42 Å². The maximum atomic E-state index is 11.6. The molecule has 1 aliphatic rings. The molecule has 82 valence electrons. The summed E-state index contributed by atoms with van der Waals surface area (Å²) in [5.41, 5.74) is 6.44. The molecule has 0 bridgehead atoms. The van der Waals surface area contributed by atoms with Gasteiger partial charge in [-0.25, -0.2) is 0 Å². The van der Waals surface area contributed by atoms with Crippen LogP contribution < -0.4 is 10.6 Å². The summed E-state index contributed by atoms with van der Waals surface area (Å²) in [5, 5.41) is 0. The highest BCUT2D eigenvalue weighted by atomic mass is 16.2. The lowest BCUT2D eigenvalue weighted by Crippen LogP contribution is -2.25. The second-order valence-corrected chi connectivity index (χ2v) is 3.61. The number of amides is 2. The van der Waals surface area contributed by atoms with Crippen LogP contribution in [-0.2, 0) is 9.59 Å². The molecule has 0 saturated carbocycles. The molecule has 2 radical (unpaired) electrons. The Hall–Kier alpha value is -1.91. The van der Waals surface area contributed by atoms with E-state index in [1.54, 1.807) is 25.4 Å². The van der Waals surface area contributed by atoms with Gasteiger partial charge in [0.05, 0.1) is 23.7 Å². The van der Waals surface area contributed by atoms with Gasteiger partial charge in [-0.3, -0.25) is 14.6 Å². The van der Waals surface area contributed by atoms with Crippen molar-refractivity contribution in [2.45, 2.75) is 12.3 Å². The normalized spacial score (nSPS) is 20.2. The van der Waals surface area contributed by atoms with Crippen molar-refractivity contribution in [3.63, 3.8) is 0 Å². The fraction of sp³-hybridized carbons (Fsp3) is 0.273. The number of carbonyl (C=O) groups excluding carboxylic acids is 2. The Morgan fingerprint density at radius 3 is 3.12 bits per heavy atom. The molecular weight excluding hydrogens is 206 g/mol. The van der Waals surface area contributed by atoms with Crippen molar-refractivity contribution in [3.8, 4) is 0 Å². The van der Waals surface area contributed by atoms with E-state index in [1.807, 2.05) is 0 Å². The maximum Gasteiger partial charge on any atom is 0.235 e. The van der Waals surface area contributed by atoms with Crippen LogP contribution >= 0.6 is 0 Å². The van der Waals surface area contributed by atoms with Crippen LogP contribution in [0.25, 0.3) is 0 Å². The quantitative estimate of drug-likeness (QED) is 0.724. The summed E-state index contributed by atoms with van der Waals surface area (Å²) < 4.78 is 0. The Morgan fingerprint density at radius 2 is 2.44 bits per heavy atom. The fourth-order valence-electron chi connectivity index (χ4n) is 1.71. The van der Waals surface area contributed by atoms with Crippen molar-refractivity contribution in [3.05, 3.63) is 30.4 Å². The minimum atomic E-state index is -0.579. The first kappa shape index (κ1) is 10.6. The highest BCUT2D eigenvalue weighted by molar-refractivity contribution is 6.02. The summed E-state index contributed by atoms with van der Waals surface area (Å²) in [6.07, 6.45) is 4.38. The summed E-state index contributed by atoms with van der Waals surface area (Å²) >= 11 is 0. The zero-order chi connectivity index (χ0) is 11.7. The van der Waals surface area contributed by atoms with Crippen LogP contribution in [0.1, 0.15) is 18.0 Å². The molecule has 5 nitrogen and oxygen atoms in total. The van der Waals surface area contributed by atoms with Gasteiger partial charge in [-0.1, -0.05) is 0 Å². The molecule has 2 rings (SSSR count). The summed E-state index contributed by atoms with van der Waals surface area (Å²) in [5.74, 6) is -1.33. The SMILES string of the molecule is CN1C(=O)[C]CC(C(N)=O)c2ncccc21. The van der Waals surface area contributed by atoms with Gasteiger partial charge in [0.25, 0.3) is 0 Å². The molecule has 0 spiro atoms. The predicted octanol–water partition coefficient (Wildman–Crippen LogP) is 0.0983. The number of aromatic nitrogens is 1. The van der Waals surface area contributed by atoms with Crippen LogP contribution in [0.15, 0.2) is 18.3 Å². The van der Waals surface area contributed by atoms with E-state index in [4.69, 9.17) is 5.73 Å². The van der Waals surface area contributed by atoms with Gasteiger partial charge >= 0.3 is 0 Å². The number of primary amides is 1. The molecule has 1 atom stereocenters. The second-order valence-electron chi connectivity index (χ2n) is 3.61. The van der Waals surface area contributed by atoms with Crippen molar-refractivity contribution in [1.82, 2.24) is 4.98 Å². The Kier molecular flexibility index (Phi) is 2.60. The summed E-state index contributed by atoms with van der Waals surface area (Å²) in [7, 11) is 1.62. The van der Waals surface area contributed by atoms with Gasteiger partial charge in [0, 0.05) is 13.2 Å². The Labute approximate surface area is 93.3 Å². The second kappa shape index (κ2) is 3.92. The van der Waals surface area contributed by atoms with E-state index in [2.05, 4.69) is 11.4 Å². The molecule has 1 unspecified atom stereocenters. The molecule has 0 saturated heterocycles. The standard InChI is InChI=1S/C11H11N3O2/c1-14-8-3-2-6-13-10(8)7(11(12)16)4-5-9(14)15/h2-3,6-7H,4H2,1H3,(H2,12,16). The van der Waals surface area contributed by atoms with Crippen molar-refractivity contribution < 1.29 is 9.59 Å². The van der Waals surface area contributed by atoms with Gasteiger partial charge in [0.1, 0.15) is 0 Å². The number of anilines is 1. The zero-order valence-corrected chi connectivity index (χ0v) is 8.80. The van der Waals surface area contributed by atoms with Crippen LogP contribution in [-0.4, -0.2) is 23.8 Å². The number of carbonyl (C=O) groups is 2. The molecule has 2 amide bonds. The number of hydrogen-bond acceptors (Lipinski definition) is 3. The molecule has 5 heteroatoms. The third-order valence-electron chi connectivity index (χ3n) is 2.61. The van der Waals surface area contributed by atoms with E-state index < -0.39 is 11.8 Å². The van der Waals surface area contributed by atoms with Crippen LogP contribution in [0.3, 0.4) is 0 Å². The summed E-state index contributed by atoms with van der Waals surface area (Å²) in [6, 6.07) is 3.45. The molecule has 2 heterocycles. The van der Waals surface area contributed by atoms with E-state index in [9.17, 15) is 9.59 Å². The van der Waals surface area contributed by atoms with Crippen LogP contribution in [0.2, 0.25) is 0 Å². The van der Waals surface area contributed by atoms with Crippen molar-refractivity contribution in [2.75, 3.05) is 11.9 Å². The minimum absolute atomic E-state index is 0.183. The molecule has 0 fully saturated rings. The molecule has 1 aliphatic heterocycles. The molecule has 0 aromatic carbocycles. The van der Waals surface area contributed by atoms with Crippen molar-refractivity contribution in [1.29, 1.82) is 0 Å². The summed E-state index contributed by atoms with van der Waals surface area (Å²) in [4.78, 5) is 28.4. The average Bonchev–Trinajstić information content (AvgIpc) is 2.39. The first-order valence-corrected chi connectivity index (χ1v) is 4.87. The monoisotopic (exact) mass is 217 g/mol. The van der Waals surface area contributed by atoms with E-state index in [0.717, 1.165) is 0 Å². The first-order valence-electron chi connectivity index (χ1n) is 4.87. The highest BCUT2D eigenvalue weighted by Crippen LogP contribution is 2.31. The van der Waals surface area contributed by atoms with Gasteiger partial charge in [0.15, 0.2) is 0 Å². The predicted molar refractivity (Wildman–Crippen MR) is 57.4 cm³/mol. The highest BCUT2D eigenvalue weighted by Gasteiger charge is 2.30.